The molecule has 0 aliphatic rings. The molecule has 0 saturated heterocycles. The molecule has 0 spiro atoms. The summed E-state index contributed by atoms with van der Waals surface area (Å²) < 4.78 is 11.7. The number of rotatable bonds is 8. The third kappa shape index (κ3) is 5.08. The summed E-state index contributed by atoms with van der Waals surface area (Å²) in [6.45, 7) is 4.01. The van der Waals surface area contributed by atoms with E-state index in [1.165, 1.54) is 0 Å². The molecule has 0 aliphatic carbocycles. The average molecular weight is 457 g/mol. The van der Waals surface area contributed by atoms with E-state index >= 15 is 0 Å². The van der Waals surface area contributed by atoms with Gasteiger partial charge in [0.1, 0.15) is 0 Å². The molecule has 7 heteroatoms. The van der Waals surface area contributed by atoms with Crippen molar-refractivity contribution in [3.63, 3.8) is 0 Å². The molecule has 3 rings (SSSR count). The first-order valence-corrected chi connectivity index (χ1v) is 11.0. The molecule has 2 N–H and O–H groups in total. The molecule has 29 heavy (non-hydrogen) atoms. The number of anilines is 4. The Morgan fingerprint density at radius 1 is 0.793 bits per heavy atom. The molecule has 0 bridgehead atoms. The van der Waals surface area contributed by atoms with Crippen LogP contribution in [-0.4, -0.2) is 39.7 Å². The van der Waals surface area contributed by atoms with Crippen LogP contribution < -0.4 is 10.6 Å². The second kappa shape index (κ2) is 9.96. The van der Waals surface area contributed by atoms with Crippen molar-refractivity contribution in [3.8, 4) is 0 Å². The van der Waals surface area contributed by atoms with Crippen molar-refractivity contribution in [2.24, 2.45) is 0 Å². The number of para-hydroxylation sites is 2. The van der Waals surface area contributed by atoms with Crippen molar-refractivity contribution < 1.29 is 19.1 Å². The van der Waals surface area contributed by atoms with Gasteiger partial charge in [-0.25, -0.2) is 0 Å². The first-order chi connectivity index (χ1) is 14.1. The Morgan fingerprint density at radius 2 is 1.31 bits per heavy atom. The molecule has 1 heterocycles. The van der Waals surface area contributed by atoms with Gasteiger partial charge in [-0.05, 0) is 0 Å². The number of nitrogens with one attached hydrogen (secondary N) is 2. The van der Waals surface area contributed by atoms with Gasteiger partial charge in [0.2, 0.25) is 0 Å². The maximum absolute atomic E-state index is 12.8. The maximum atomic E-state index is 12.8. The first kappa shape index (κ1) is 20.7. The van der Waals surface area contributed by atoms with E-state index in [1.807, 2.05) is 60.7 Å². The average Bonchev–Trinajstić information content (AvgIpc) is 3.08. The molecule has 0 fully saturated rings. The Balaban J connectivity index is 2.12. The molecule has 3 aromatic rings. The van der Waals surface area contributed by atoms with E-state index in [4.69, 9.17) is 9.47 Å². The number of hydrogen-bond acceptors (Lipinski definition) is 6. The summed E-state index contributed by atoms with van der Waals surface area (Å²) in [5, 5.41) is 6.52. The second-order valence-corrected chi connectivity index (χ2v) is 8.07. The fourth-order valence-corrected chi connectivity index (χ4v) is 4.91. The zero-order valence-corrected chi connectivity index (χ0v) is 17.9. The predicted molar refractivity (Wildman–Crippen MR) is 115 cm³/mol. The number of ether oxygens (including phenoxy) is 2. The third-order valence-electron chi connectivity index (χ3n) is 3.92. The molecular weight excluding hydrogens is 435 g/mol. The fourth-order valence-electron chi connectivity index (χ4n) is 2.70. The molecule has 0 unspecified atom stereocenters. The predicted octanol–water partition coefficient (Wildman–Crippen LogP) is 4.58. The van der Waals surface area contributed by atoms with Crippen LogP contribution in [0.15, 0.2) is 60.7 Å². The molecular formula is C22H22N2O4Se. The van der Waals surface area contributed by atoms with Crippen molar-refractivity contribution in [3.05, 3.63) is 70.7 Å². The molecule has 0 atom stereocenters. The fraction of sp³-hybridized carbons (Fsp3) is 0.182. The monoisotopic (exact) mass is 458 g/mol. The quantitative estimate of drug-likeness (QED) is 0.381. The van der Waals surface area contributed by atoms with Gasteiger partial charge >= 0.3 is 175 Å². The molecule has 1 aromatic heterocycles. The van der Waals surface area contributed by atoms with E-state index in [-0.39, 0.29) is 13.2 Å². The van der Waals surface area contributed by atoms with Crippen LogP contribution in [0.25, 0.3) is 0 Å². The molecule has 0 saturated carbocycles. The van der Waals surface area contributed by atoms with Crippen LogP contribution in [0, 0.1) is 0 Å². The van der Waals surface area contributed by atoms with Gasteiger partial charge in [-0.3, -0.25) is 0 Å². The van der Waals surface area contributed by atoms with Gasteiger partial charge in [0.25, 0.3) is 0 Å². The van der Waals surface area contributed by atoms with Gasteiger partial charge in [-0.2, -0.15) is 0 Å². The molecule has 0 aliphatic heterocycles. The summed E-state index contributed by atoms with van der Waals surface area (Å²) in [5.41, 5.74) is 2.37. The Kier molecular flexibility index (Phi) is 7.11. The second-order valence-electron chi connectivity index (χ2n) is 5.93. The topological polar surface area (TPSA) is 76.7 Å². The van der Waals surface area contributed by atoms with Crippen molar-refractivity contribution in [2.45, 2.75) is 13.8 Å². The van der Waals surface area contributed by atoms with Crippen molar-refractivity contribution in [1.82, 2.24) is 0 Å². The molecule has 6 nitrogen and oxygen atoms in total. The number of hydrogen-bond donors (Lipinski definition) is 2. The van der Waals surface area contributed by atoms with Crippen LogP contribution in [0.4, 0.5) is 21.6 Å². The van der Waals surface area contributed by atoms with Crippen molar-refractivity contribution in [2.75, 3.05) is 23.8 Å². The van der Waals surface area contributed by atoms with Crippen LogP contribution in [0.3, 0.4) is 0 Å². The zero-order valence-electron chi connectivity index (χ0n) is 16.2. The van der Waals surface area contributed by atoms with E-state index in [2.05, 4.69) is 10.6 Å². The van der Waals surface area contributed by atoms with E-state index in [9.17, 15) is 9.59 Å². The zero-order chi connectivity index (χ0) is 20.6. The molecule has 0 amide bonds. The summed E-state index contributed by atoms with van der Waals surface area (Å²) in [6.07, 6.45) is 0. The SMILES string of the molecule is CCOC(=O)c1[se]c(Nc2ccccc2)c(C(=O)OCC)c1Nc1ccccc1. The number of carbonyl (C=O) groups excluding carboxylic acids is 2. The Hall–Kier alpha value is -3.02. The van der Waals surface area contributed by atoms with Crippen LogP contribution in [-0.2, 0) is 9.47 Å². The summed E-state index contributed by atoms with van der Waals surface area (Å²) in [5.74, 6) is -0.914. The van der Waals surface area contributed by atoms with Crippen molar-refractivity contribution >= 4 is 48.1 Å². The summed E-state index contributed by atoms with van der Waals surface area (Å²) in [7, 11) is 0. The minimum atomic E-state index is -0.481. The molecule has 150 valence electrons. The van der Waals surface area contributed by atoms with Crippen molar-refractivity contribution in [1.29, 1.82) is 0 Å². The van der Waals surface area contributed by atoms with E-state index in [1.54, 1.807) is 13.8 Å². The summed E-state index contributed by atoms with van der Waals surface area (Å²) >= 11 is -0.457. The van der Waals surface area contributed by atoms with E-state index < -0.39 is 26.4 Å². The van der Waals surface area contributed by atoms with Gasteiger partial charge in [0.05, 0.1) is 0 Å². The van der Waals surface area contributed by atoms with Gasteiger partial charge in [0.15, 0.2) is 0 Å². The number of carbonyl (C=O) groups is 2. The van der Waals surface area contributed by atoms with Crippen LogP contribution in [0.1, 0.15) is 33.4 Å². The number of esters is 2. The normalized spacial score (nSPS) is 10.3. The van der Waals surface area contributed by atoms with Gasteiger partial charge < -0.3 is 0 Å². The van der Waals surface area contributed by atoms with Crippen LogP contribution >= 0.6 is 0 Å². The minimum absolute atomic E-state index is 0.237. The molecule has 2 aromatic carbocycles. The Morgan fingerprint density at radius 3 is 1.86 bits per heavy atom. The Bertz CT molecular complexity index is 971. The van der Waals surface area contributed by atoms with E-state index in [0.717, 1.165) is 11.4 Å². The van der Waals surface area contributed by atoms with Crippen LogP contribution in [0.5, 0.6) is 0 Å². The van der Waals surface area contributed by atoms with Crippen LogP contribution in [0.2, 0.25) is 0 Å². The summed E-state index contributed by atoms with van der Waals surface area (Å²) in [6, 6.07) is 18.9. The third-order valence-corrected chi connectivity index (χ3v) is 6.20. The molecule has 0 radical (unpaired) electrons. The number of benzene rings is 2. The summed E-state index contributed by atoms with van der Waals surface area (Å²) in [4.78, 5) is 25.5. The van der Waals surface area contributed by atoms with Gasteiger partial charge in [-0.1, -0.05) is 0 Å². The Labute approximate surface area is 175 Å². The standard InChI is InChI=1S/C22H22N2O4Se/c1-3-27-21(25)17-18(23-15-11-7-5-8-12-15)19(22(26)28-4-2)29-20(17)24-16-13-9-6-10-14-16/h5-14,23-24H,3-4H2,1-2H3. The van der Waals surface area contributed by atoms with Gasteiger partial charge in [0, 0.05) is 0 Å². The first-order valence-electron chi connectivity index (χ1n) is 9.29. The van der Waals surface area contributed by atoms with Gasteiger partial charge in [-0.15, -0.1) is 0 Å². The van der Waals surface area contributed by atoms with E-state index in [0.29, 0.717) is 20.2 Å².